The first-order chi connectivity index (χ1) is 11.0. The smallest absolute Gasteiger partial charge is 0.260 e. The Morgan fingerprint density at radius 2 is 2.00 bits per heavy atom. The summed E-state index contributed by atoms with van der Waals surface area (Å²) in [6.45, 7) is 3.36. The van der Waals surface area contributed by atoms with Gasteiger partial charge in [-0.05, 0) is 36.5 Å². The number of rotatable bonds is 6. The Morgan fingerprint density at radius 3 is 2.61 bits per heavy atom. The summed E-state index contributed by atoms with van der Waals surface area (Å²) in [7, 11) is 0. The lowest BCUT2D eigenvalue weighted by Crippen LogP contribution is -2.52. The van der Waals surface area contributed by atoms with E-state index in [1.165, 1.54) is 0 Å². The molecule has 0 bridgehead atoms. The molecule has 1 aromatic carbocycles. The predicted octanol–water partition coefficient (Wildman–Crippen LogP) is 0.679. The number of ether oxygens (including phenoxy) is 1. The van der Waals surface area contributed by atoms with Crippen molar-refractivity contribution >= 4 is 11.8 Å². The Labute approximate surface area is 136 Å². The first kappa shape index (κ1) is 17.3. The molecule has 0 radical (unpaired) electrons. The summed E-state index contributed by atoms with van der Waals surface area (Å²) in [5, 5.41) is 0. The molecule has 0 saturated carbocycles. The van der Waals surface area contributed by atoms with Gasteiger partial charge in [-0.1, -0.05) is 19.1 Å². The van der Waals surface area contributed by atoms with Gasteiger partial charge in [-0.15, -0.1) is 0 Å². The Kier molecular flexibility index (Phi) is 5.98. The number of nitrogens with zero attached hydrogens (tertiary/aromatic N) is 1. The molecule has 1 fully saturated rings. The fraction of sp³-hybridized carbons (Fsp3) is 0.529. The number of amides is 2. The van der Waals surface area contributed by atoms with Crippen LogP contribution in [0.4, 0.5) is 0 Å². The number of nitrogens with two attached hydrogens (primary N) is 2. The zero-order chi connectivity index (χ0) is 16.8. The fourth-order valence-electron chi connectivity index (χ4n) is 3.05. The standard InChI is InChI=1S/C17H25N3O3/c1-12-3-2-8-20(15(12)10-18)17(22)11-23-14-6-4-13(5-7-14)9-16(19)21/h4-7,12,15H,2-3,8-11,18H2,1H3,(H2,19,21)/t12-,15-/m1/s1. The maximum absolute atomic E-state index is 12.4. The molecular weight excluding hydrogens is 294 g/mol. The van der Waals surface area contributed by atoms with E-state index in [0.29, 0.717) is 18.2 Å². The number of piperidine rings is 1. The van der Waals surface area contributed by atoms with Crippen LogP contribution in [-0.2, 0) is 16.0 Å². The van der Waals surface area contributed by atoms with E-state index in [4.69, 9.17) is 16.2 Å². The summed E-state index contributed by atoms with van der Waals surface area (Å²) in [6.07, 6.45) is 2.31. The molecular formula is C17H25N3O3. The van der Waals surface area contributed by atoms with Crippen molar-refractivity contribution in [1.29, 1.82) is 0 Å². The molecule has 4 N–H and O–H groups in total. The Hall–Kier alpha value is -2.08. The summed E-state index contributed by atoms with van der Waals surface area (Å²) >= 11 is 0. The molecule has 1 saturated heterocycles. The summed E-state index contributed by atoms with van der Waals surface area (Å²) in [6, 6.07) is 7.12. The summed E-state index contributed by atoms with van der Waals surface area (Å²) < 4.78 is 5.56. The van der Waals surface area contributed by atoms with Gasteiger partial charge in [0, 0.05) is 19.1 Å². The first-order valence-corrected chi connectivity index (χ1v) is 8.01. The van der Waals surface area contributed by atoms with Crippen LogP contribution in [0.25, 0.3) is 0 Å². The van der Waals surface area contributed by atoms with Gasteiger partial charge in [-0.2, -0.15) is 0 Å². The maximum Gasteiger partial charge on any atom is 0.260 e. The Bertz CT molecular complexity index is 545. The number of hydrogen-bond acceptors (Lipinski definition) is 4. The highest BCUT2D eigenvalue weighted by Gasteiger charge is 2.30. The third-order valence-corrected chi connectivity index (χ3v) is 4.34. The monoisotopic (exact) mass is 319 g/mol. The van der Waals surface area contributed by atoms with E-state index in [9.17, 15) is 9.59 Å². The normalized spacial score (nSPS) is 21.0. The van der Waals surface area contributed by atoms with Crippen LogP contribution >= 0.6 is 0 Å². The SMILES string of the molecule is C[C@@H]1CCCN(C(=O)COc2ccc(CC(N)=O)cc2)[C@@H]1CN. The fourth-order valence-corrected chi connectivity index (χ4v) is 3.05. The van der Waals surface area contributed by atoms with Gasteiger partial charge in [0.15, 0.2) is 6.61 Å². The van der Waals surface area contributed by atoms with Gasteiger partial charge in [-0.3, -0.25) is 9.59 Å². The molecule has 1 aromatic rings. The number of hydrogen-bond donors (Lipinski definition) is 2. The van der Waals surface area contributed by atoms with Crippen molar-refractivity contribution < 1.29 is 14.3 Å². The minimum Gasteiger partial charge on any atom is -0.484 e. The van der Waals surface area contributed by atoms with E-state index >= 15 is 0 Å². The van der Waals surface area contributed by atoms with Crippen LogP contribution in [0.1, 0.15) is 25.3 Å². The van der Waals surface area contributed by atoms with E-state index < -0.39 is 0 Å². The third kappa shape index (κ3) is 4.69. The molecule has 0 spiro atoms. The maximum atomic E-state index is 12.4. The summed E-state index contributed by atoms with van der Waals surface area (Å²) in [5.41, 5.74) is 11.8. The number of benzene rings is 1. The second-order valence-corrected chi connectivity index (χ2v) is 6.09. The Balaban J connectivity index is 1.89. The molecule has 2 atom stereocenters. The summed E-state index contributed by atoms with van der Waals surface area (Å²) in [4.78, 5) is 25.1. The van der Waals surface area contributed by atoms with Crippen molar-refractivity contribution in [2.45, 2.75) is 32.2 Å². The van der Waals surface area contributed by atoms with E-state index in [2.05, 4.69) is 6.92 Å². The van der Waals surface area contributed by atoms with Crippen LogP contribution in [0, 0.1) is 5.92 Å². The van der Waals surface area contributed by atoms with Crippen molar-refractivity contribution in [3.63, 3.8) is 0 Å². The molecule has 6 nitrogen and oxygen atoms in total. The minimum absolute atomic E-state index is 0.00160. The van der Waals surface area contributed by atoms with Crippen LogP contribution in [0.5, 0.6) is 5.75 Å². The predicted molar refractivity (Wildman–Crippen MR) is 87.8 cm³/mol. The largest absolute Gasteiger partial charge is 0.484 e. The van der Waals surface area contributed by atoms with Crippen molar-refractivity contribution in [2.75, 3.05) is 19.7 Å². The minimum atomic E-state index is -0.374. The molecule has 126 valence electrons. The lowest BCUT2D eigenvalue weighted by molar-refractivity contribution is -0.138. The van der Waals surface area contributed by atoms with Crippen molar-refractivity contribution in [1.82, 2.24) is 4.90 Å². The van der Waals surface area contributed by atoms with Crippen LogP contribution in [0.3, 0.4) is 0 Å². The lowest BCUT2D eigenvalue weighted by atomic mass is 9.91. The van der Waals surface area contributed by atoms with E-state index in [1.54, 1.807) is 24.3 Å². The van der Waals surface area contributed by atoms with Gasteiger partial charge in [0.2, 0.25) is 5.91 Å². The zero-order valence-electron chi connectivity index (χ0n) is 13.5. The summed E-state index contributed by atoms with van der Waals surface area (Å²) in [5.74, 6) is 0.612. The highest BCUT2D eigenvalue weighted by Crippen LogP contribution is 2.23. The van der Waals surface area contributed by atoms with Crippen LogP contribution in [0.15, 0.2) is 24.3 Å². The van der Waals surface area contributed by atoms with Gasteiger partial charge in [-0.25, -0.2) is 0 Å². The molecule has 2 amide bonds. The van der Waals surface area contributed by atoms with E-state index in [-0.39, 0.29) is 30.9 Å². The lowest BCUT2D eigenvalue weighted by Gasteiger charge is -2.39. The molecule has 0 unspecified atom stereocenters. The Morgan fingerprint density at radius 1 is 1.30 bits per heavy atom. The third-order valence-electron chi connectivity index (χ3n) is 4.34. The average molecular weight is 319 g/mol. The molecule has 2 rings (SSSR count). The first-order valence-electron chi connectivity index (χ1n) is 8.01. The van der Waals surface area contributed by atoms with E-state index in [1.807, 2.05) is 4.90 Å². The van der Waals surface area contributed by atoms with Gasteiger partial charge in [0.1, 0.15) is 5.75 Å². The second-order valence-electron chi connectivity index (χ2n) is 6.09. The quantitative estimate of drug-likeness (QED) is 0.805. The topological polar surface area (TPSA) is 98.6 Å². The van der Waals surface area contributed by atoms with Gasteiger partial charge < -0.3 is 21.1 Å². The molecule has 0 aliphatic carbocycles. The van der Waals surface area contributed by atoms with Gasteiger partial charge in [0.25, 0.3) is 5.91 Å². The van der Waals surface area contributed by atoms with Crippen LogP contribution in [0.2, 0.25) is 0 Å². The molecule has 6 heteroatoms. The number of primary amides is 1. The molecule has 1 aliphatic heterocycles. The highest BCUT2D eigenvalue weighted by atomic mass is 16.5. The van der Waals surface area contributed by atoms with Crippen molar-refractivity contribution in [3.05, 3.63) is 29.8 Å². The zero-order valence-corrected chi connectivity index (χ0v) is 13.5. The molecule has 23 heavy (non-hydrogen) atoms. The highest BCUT2D eigenvalue weighted by molar-refractivity contribution is 5.78. The number of likely N-dealkylation sites (tertiary alicyclic amines) is 1. The number of carbonyl (C=O) groups is 2. The average Bonchev–Trinajstić information content (AvgIpc) is 2.53. The van der Waals surface area contributed by atoms with Crippen molar-refractivity contribution in [2.24, 2.45) is 17.4 Å². The molecule has 1 heterocycles. The van der Waals surface area contributed by atoms with Gasteiger partial charge >= 0.3 is 0 Å². The molecule has 1 aliphatic rings. The number of carbonyl (C=O) groups excluding carboxylic acids is 2. The van der Waals surface area contributed by atoms with Crippen LogP contribution in [-0.4, -0.2) is 42.5 Å². The molecule has 0 aromatic heterocycles. The second kappa shape index (κ2) is 7.97. The van der Waals surface area contributed by atoms with E-state index in [0.717, 1.165) is 24.9 Å². The van der Waals surface area contributed by atoms with Gasteiger partial charge in [0.05, 0.1) is 6.42 Å². The van der Waals surface area contributed by atoms with Crippen LogP contribution < -0.4 is 16.2 Å². The van der Waals surface area contributed by atoms with Crippen molar-refractivity contribution in [3.8, 4) is 5.75 Å².